The molecule has 0 radical (unpaired) electrons. The number of aromatic nitrogens is 3. The third kappa shape index (κ3) is 3.47. The van der Waals surface area contributed by atoms with Crippen molar-refractivity contribution in [2.75, 3.05) is 50.1 Å². The van der Waals surface area contributed by atoms with E-state index in [-0.39, 0.29) is 5.91 Å². The van der Waals surface area contributed by atoms with Crippen LogP contribution in [0.15, 0.2) is 42.6 Å². The van der Waals surface area contributed by atoms with Crippen molar-refractivity contribution in [3.63, 3.8) is 0 Å². The SMILES string of the molecule is Cc1nc(N(C)C)cc(N2CCN(C(=O)c3nccc4ccccc34)CC2)n1. The summed E-state index contributed by atoms with van der Waals surface area (Å²) in [6.45, 7) is 4.66. The summed E-state index contributed by atoms with van der Waals surface area (Å²) in [6, 6.07) is 11.8. The first-order valence-electron chi connectivity index (χ1n) is 9.44. The Balaban J connectivity index is 1.50. The number of benzene rings is 1. The Morgan fingerprint density at radius 3 is 2.54 bits per heavy atom. The van der Waals surface area contributed by atoms with Gasteiger partial charge in [0.2, 0.25) is 0 Å². The number of amides is 1. The highest BCUT2D eigenvalue weighted by molar-refractivity contribution is 6.05. The number of rotatable bonds is 3. The van der Waals surface area contributed by atoms with Crippen molar-refractivity contribution in [3.05, 3.63) is 54.1 Å². The van der Waals surface area contributed by atoms with Crippen molar-refractivity contribution >= 4 is 28.3 Å². The van der Waals surface area contributed by atoms with E-state index in [9.17, 15) is 4.79 Å². The van der Waals surface area contributed by atoms with Crippen molar-refractivity contribution < 1.29 is 4.79 Å². The molecule has 3 aromatic rings. The number of carbonyl (C=O) groups is 1. The first kappa shape index (κ1) is 18.2. The van der Waals surface area contributed by atoms with E-state index >= 15 is 0 Å². The fraction of sp³-hybridized carbons (Fsp3) is 0.333. The van der Waals surface area contributed by atoms with Crippen molar-refractivity contribution in [3.8, 4) is 0 Å². The van der Waals surface area contributed by atoms with Gasteiger partial charge in [0.05, 0.1) is 0 Å². The molecule has 1 saturated heterocycles. The van der Waals surface area contributed by atoms with Gasteiger partial charge < -0.3 is 14.7 Å². The number of hydrogen-bond acceptors (Lipinski definition) is 6. The Hall–Kier alpha value is -3.22. The molecule has 0 spiro atoms. The fourth-order valence-electron chi connectivity index (χ4n) is 3.51. The monoisotopic (exact) mass is 376 g/mol. The summed E-state index contributed by atoms with van der Waals surface area (Å²) in [5, 5.41) is 1.94. The van der Waals surface area contributed by atoms with Crippen molar-refractivity contribution in [2.24, 2.45) is 0 Å². The zero-order chi connectivity index (χ0) is 19.7. The van der Waals surface area contributed by atoms with Crippen LogP contribution < -0.4 is 9.80 Å². The van der Waals surface area contributed by atoms with Crippen LogP contribution >= 0.6 is 0 Å². The lowest BCUT2D eigenvalue weighted by atomic mass is 10.1. The standard InChI is InChI=1S/C21H24N6O/c1-15-23-18(25(2)3)14-19(24-15)26-10-12-27(13-11-26)21(28)20-17-7-5-4-6-16(17)8-9-22-20/h4-9,14H,10-13H2,1-3H3. The van der Waals surface area contributed by atoms with Gasteiger partial charge in [0.1, 0.15) is 23.2 Å². The summed E-state index contributed by atoms with van der Waals surface area (Å²) < 4.78 is 0. The van der Waals surface area contributed by atoms with Gasteiger partial charge in [-0.3, -0.25) is 9.78 Å². The third-order valence-corrected chi connectivity index (χ3v) is 5.04. The van der Waals surface area contributed by atoms with Crippen LogP contribution in [-0.2, 0) is 0 Å². The summed E-state index contributed by atoms with van der Waals surface area (Å²) in [6.07, 6.45) is 1.71. The van der Waals surface area contributed by atoms with E-state index in [0.29, 0.717) is 18.8 Å². The summed E-state index contributed by atoms with van der Waals surface area (Å²) >= 11 is 0. The zero-order valence-corrected chi connectivity index (χ0v) is 16.5. The molecule has 0 unspecified atom stereocenters. The first-order valence-corrected chi connectivity index (χ1v) is 9.44. The molecule has 1 aliphatic rings. The van der Waals surface area contributed by atoms with Crippen LogP contribution in [0.1, 0.15) is 16.3 Å². The van der Waals surface area contributed by atoms with Gasteiger partial charge in [0.25, 0.3) is 5.91 Å². The fourth-order valence-corrected chi connectivity index (χ4v) is 3.51. The largest absolute Gasteiger partial charge is 0.363 e. The quantitative estimate of drug-likeness (QED) is 0.699. The molecule has 7 nitrogen and oxygen atoms in total. The van der Waals surface area contributed by atoms with Gasteiger partial charge in [0.15, 0.2) is 0 Å². The van der Waals surface area contributed by atoms with Crippen LogP contribution in [0.3, 0.4) is 0 Å². The molecule has 1 fully saturated rings. The lowest BCUT2D eigenvalue weighted by Gasteiger charge is -2.35. The molecule has 0 saturated carbocycles. The Morgan fingerprint density at radius 1 is 1.04 bits per heavy atom. The molecular formula is C21H24N6O. The lowest BCUT2D eigenvalue weighted by molar-refractivity contribution is 0.0743. The molecule has 1 aromatic carbocycles. The second kappa shape index (κ2) is 7.42. The van der Waals surface area contributed by atoms with E-state index in [1.54, 1.807) is 6.20 Å². The molecule has 0 N–H and O–H groups in total. The molecule has 0 aliphatic carbocycles. The number of nitrogens with zero attached hydrogens (tertiary/aromatic N) is 6. The Morgan fingerprint density at radius 2 is 1.79 bits per heavy atom. The summed E-state index contributed by atoms with van der Waals surface area (Å²) in [5.41, 5.74) is 0.527. The molecule has 144 valence electrons. The Labute approximate surface area is 164 Å². The molecule has 2 aromatic heterocycles. The van der Waals surface area contributed by atoms with Crippen LogP contribution in [0.5, 0.6) is 0 Å². The van der Waals surface area contributed by atoms with Gasteiger partial charge in [-0.15, -0.1) is 0 Å². The van der Waals surface area contributed by atoms with E-state index < -0.39 is 0 Å². The summed E-state index contributed by atoms with van der Waals surface area (Å²) in [4.78, 5) is 32.5. The summed E-state index contributed by atoms with van der Waals surface area (Å²) in [5.74, 6) is 2.54. The van der Waals surface area contributed by atoms with Crippen molar-refractivity contribution in [1.29, 1.82) is 0 Å². The Bertz CT molecular complexity index is 1010. The molecular weight excluding hydrogens is 352 g/mol. The normalized spacial score (nSPS) is 14.4. The number of piperazine rings is 1. The topological polar surface area (TPSA) is 65.5 Å². The van der Waals surface area contributed by atoms with Crippen molar-refractivity contribution in [2.45, 2.75) is 6.92 Å². The minimum atomic E-state index is -0.00991. The van der Waals surface area contributed by atoms with Crippen LogP contribution in [0.2, 0.25) is 0 Å². The molecule has 1 amide bonds. The molecule has 3 heterocycles. The second-order valence-corrected chi connectivity index (χ2v) is 7.19. The maximum Gasteiger partial charge on any atom is 0.273 e. The highest BCUT2D eigenvalue weighted by Crippen LogP contribution is 2.21. The van der Waals surface area contributed by atoms with Gasteiger partial charge in [0, 0.05) is 57.9 Å². The average Bonchev–Trinajstić information content (AvgIpc) is 2.72. The van der Waals surface area contributed by atoms with Crippen molar-refractivity contribution in [1.82, 2.24) is 19.9 Å². The minimum Gasteiger partial charge on any atom is -0.363 e. The van der Waals surface area contributed by atoms with Crippen LogP contribution in [0.4, 0.5) is 11.6 Å². The van der Waals surface area contributed by atoms with Gasteiger partial charge in [-0.25, -0.2) is 9.97 Å². The van der Waals surface area contributed by atoms with E-state index in [1.165, 1.54) is 0 Å². The predicted molar refractivity (Wildman–Crippen MR) is 111 cm³/mol. The average molecular weight is 376 g/mol. The van der Waals surface area contributed by atoms with Crippen LogP contribution in [0.25, 0.3) is 10.8 Å². The number of hydrogen-bond donors (Lipinski definition) is 0. The maximum absolute atomic E-state index is 13.1. The summed E-state index contributed by atoms with van der Waals surface area (Å²) in [7, 11) is 3.94. The molecule has 1 aliphatic heterocycles. The van der Waals surface area contributed by atoms with Gasteiger partial charge in [-0.2, -0.15) is 0 Å². The smallest absolute Gasteiger partial charge is 0.273 e. The molecule has 0 bridgehead atoms. The second-order valence-electron chi connectivity index (χ2n) is 7.19. The van der Waals surface area contributed by atoms with E-state index in [0.717, 1.165) is 41.3 Å². The highest BCUT2D eigenvalue weighted by atomic mass is 16.2. The van der Waals surface area contributed by atoms with E-state index in [1.807, 2.05) is 67.2 Å². The van der Waals surface area contributed by atoms with Crippen LogP contribution in [0, 0.1) is 6.92 Å². The van der Waals surface area contributed by atoms with E-state index in [2.05, 4.69) is 19.9 Å². The molecule has 28 heavy (non-hydrogen) atoms. The maximum atomic E-state index is 13.1. The van der Waals surface area contributed by atoms with Gasteiger partial charge in [-0.05, 0) is 18.4 Å². The van der Waals surface area contributed by atoms with E-state index in [4.69, 9.17) is 0 Å². The zero-order valence-electron chi connectivity index (χ0n) is 16.5. The minimum absolute atomic E-state index is 0.00991. The third-order valence-electron chi connectivity index (χ3n) is 5.04. The highest BCUT2D eigenvalue weighted by Gasteiger charge is 2.25. The molecule has 7 heteroatoms. The molecule has 4 rings (SSSR count). The number of carbonyl (C=O) groups excluding carboxylic acids is 1. The lowest BCUT2D eigenvalue weighted by Crippen LogP contribution is -2.49. The number of pyridine rings is 1. The number of anilines is 2. The number of aryl methyl sites for hydroxylation is 1. The van der Waals surface area contributed by atoms with Gasteiger partial charge >= 0.3 is 0 Å². The predicted octanol–water partition coefficient (Wildman–Crippen LogP) is 2.36. The van der Waals surface area contributed by atoms with Gasteiger partial charge in [-0.1, -0.05) is 24.3 Å². The van der Waals surface area contributed by atoms with Crippen LogP contribution in [-0.4, -0.2) is 66.0 Å². The number of fused-ring (bicyclic) bond motifs is 1. The molecule has 0 atom stereocenters. The Kier molecular flexibility index (Phi) is 4.81. The first-order chi connectivity index (χ1) is 13.5.